The molecule has 0 atom stereocenters. The Morgan fingerprint density at radius 3 is 2.34 bits per heavy atom. The number of carbonyl (C=O) groups excluding carboxylic acids is 1. The Hall–Kier alpha value is -2.16. The van der Waals surface area contributed by atoms with E-state index in [0.717, 1.165) is 5.69 Å². The minimum absolute atomic E-state index is 0.0348. The number of hydrogen-bond acceptors (Lipinski definition) is 4. The lowest BCUT2D eigenvalue weighted by atomic mass is 10.1. The quantitative estimate of drug-likeness (QED) is 0.718. The number of halogens is 2. The SMILES string of the molecule is O=C(Cc1ccc(F)cc1)NCCS(=O)(=O)N1CCN(c2ccccc2Cl)CC1. The molecule has 0 saturated carbocycles. The van der Waals surface area contributed by atoms with Crippen LogP contribution in [-0.2, 0) is 21.2 Å². The lowest BCUT2D eigenvalue weighted by Gasteiger charge is -2.35. The van der Waals surface area contributed by atoms with Crippen LogP contribution in [0.1, 0.15) is 5.56 Å². The van der Waals surface area contributed by atoms with Gasteiger partial charge in [0.05, 0.1) is 22.9 Å². The van der Waals surface area contributed by atoms with E-state index in [1.165, 1.54) is 28.6 Å². The second-order valence-electron chi connectivity index (χ2n) is 6.81. The van der Waals surface area contributed by atoms with Gasteiger partial charge in [0.25, 0.3) is 0 Å². The van der Waals surface area contributed by atoms with E-state index < -0.39 is 10.0 Å². The summed E-state index contributed by atoms with van der Waals surface area (Å²) in [4.78, 5) is 14.0. The van der Waals surface area contributed by atoms with Crippen LogP contribution in [-0.4, -0.2) is 57.1 Å². The molecule has 1 aliphatic rings. The van der Waals surface area contributed by atoms with Crippen molar-refractivity contribution in [2.75, 3.05) is 43.4 Å². The maximum absolute atomic E-state index is 12.9. The topological polar surface area (TPSA) is 69.7 Å². The van der Waals surface area contributed by atoms with Gasteiger partial charge in [0.15, 0.2) is 0 Å². The van der Waals surface area contributed by atoms with Crippen LogP contribution in [0.4, 0.5) is 10.1 Å². The smallest absolute Gasteiger partial charge is 0.224 e. The predicted octanol–water partition coefficient (Wildman–Crippen LogP) is 2.29. The van der Waals surface area contributed by atoms with E-state index in [1.54, 1.807) is 0 Å². The first kappa shape index (κ1) is 21.5. The van der Waals surface area contributed by atoms with Gasteiger partial charge in [-0.15, -0.1) is 0 Å². The van der Waals surface area contributed by atoms with Crippen LogP contribution in [0.15, 0.2) is 48.5 Å². The van der Waals surface area contributed by atoms with Crippen molar-refractivity contribution < 1.29 is 17.6 Å². The number of sulfonamides is 1. The molecule has 1 amide bonds. The Labute approximate surface area is 175 Å². The molecule has 6 nitrogen and oxygen atoms in total. The van der Waals surface area contributed by atoms with Crippen molar-refractivity contribution in [3.8, 4) is 0 Å². The van der Waals surface area contributed by atoms with Gasteiger partial charge in [0.2, 0.25) is 15.9 Å². The highest BCUT2D eigenvalue weighted by molar-refractivity contribution is 7.89. The summed E-state index contributed by atoms with van der Waals surface area (Å²) < 4.78 is 39.5. The van der Waals surface area contributed by atoms with Crippen molar-refractivity contribution in [2.45, 2.75) is 6.42 Å². The van der Waals surface area contributed by atoms with Gasteiger partial charge >= 0.3 is 0 Å². The van der Waals surface area contributed by atoms with Gasteiger partial charge in [-0.1, -0.05) is 35.9 Å². The maximum Gasteiger partial charge on any atom is 0.224 e. The molecule has 2 aromatic rings. The van der Waals surface area contributed by atoms with Crippen molar-refractivity contribution in [1.29, 1.82) is 0 Å². The monoisotopic (exact) mass is 439 g/mol. The van der Waals surface area contributed by atoms with Gasteiger partial charge in [0, 0.05) is 32.7 Å². The molecule has 3 rings (SSSR count). The molecule has 2 aromatic carbocycles. The highest BCUT2D eigenvalue weighted by atomic mass is 35.5. The van der Waals surface area contributed by atoms with Gasteiger partial charge in [-0.2, -0.15) is 4.31 Å². The number of nitrogens with one attached hydrogen (secondary N) is 1. The Kier molecular flexibility index (Phi) is 7.10. The highest BCUT2D eigenvalue weighted by Crippen LogP contribution is 2.26. The van der Waals surface area contributed by atoms with E-state index in [-0.39, 0.29) is 30.4 Å². The van der Waals surface area contributed by atoms with Crippen molar-refractivity contribution in [3.63, 3.8) is 0 Å². The number of para-hydroxylation sites is 1. The average molecular weight is 440 g/mol. The number of piperazine rings is 1. The van der Waals surface area contributed by atoms with Gasteiger partial charge < -0.3 is 10.2 Å². The van der Waals surface area contributed by atoms with Crippen molar-refractivity contribution in [2.24, 2.45) is 0 Å². The Morgan fingerprint density at radius 1 is 1.03 bits per heavy atom. The third-order valence-electron chi connectivity index (χ3n) is 4.79. The van der Waals surface area contributed by atoms with Crippen LogP contribution < -0.4 is 10.2 Å². The van der Waals surface area contributed by atoms with Gasteiger partial charge in [-0.25, -0.2) is 12.8 Å². The first-order chi connectivity index (χ1) is 13.8. The first-order valence-corrected chi connectivity index (χ1v) is 11.3. The second kappa shape index (κ2) is 9.56. The van der Waals surface area contributed by atoms with E-state index in [0.29, 0.717) is 36.8 Å². The number of rotatable bonds is 7. The first-order valence-electron chi connectivity index (χ1n) is 9.33. The Morgan fingerprint density at radius 2 is 1.69 bits per heavy atom. The lowest BCUT2D eigenvalue weighted by molar-refractivity contribution is -0.120. The summed E-state index contributed by atoms with van der Waals surface area (Å²) in [6.07, 6.45) is 0.0802. The summed E-state index contributed by atoms with van der Waals surface area (Å²) in [5.41, 5.74) is 1.57. The Balaban J connectivity index is 1.45. The summed E-state index contributed by atoms with van der Waals surface area (Å²) in [6.45, 7) is 1.89. The largest absolute Gasteiger partial charge is 0.368 e. The summed E-state index contributed by atoms with van der Waals surface area (Å²) >= 11 is 6.22. The molecule has 156 valence electrons. The average Bonchev–Trinajstić information content (AvgIpc) is 2.70. The predicted molar refractivity (Wildman–Crippen MR) is 112 cm³/mol. The standard InChI is InChI=1S/C20H23ClFN3O3S/c21-18-3-1-2-4-19(18)24-10-12-25(13-11-24)29(27,28)14-9-23-20(26)15-16-5-7-17(22)8-6-16/h1-8H,9-15H2,(H,23,26). The van der Waals surface area contributed by atoms with Crippen LogP contribution in [0.2, 0.25) is 5.02 Å². The van der Waals surface area contributed by atoms with Crippen molar-refractivity contribution in [1.82, 2.24) is 9.62 Å². The molecule has 1 saturated heterocycles. The number of hydrogen-bond donors (Lipinski definition) is 1. The fourth-order valence-electron chi connectivity index (χ4n) is 3.21. The molecule has 9 heteroatoms. The van der Waals surface area contributed by atoms with Gasteiger partial charge in [-0.05, 0) is 29.8 Å². The lowest BCUT2D eigenvalue weighted by Crippen LogP contribution is -2.50. The summed E-state index contributed by atoms with van der Waals surface area (Å²) in [6, 6.07) is 13.1. The molecule has 1 heterocycles. The molecule has 0 bridgehead atoms. The zero-order chi connectivity index (χ0) is 20.9. The molecule has 29 heavy (non-hydrogen) atoms. The van der Waals surface area contributed by atoms with E-state index >= 15 is 0 Å². The highest BCUT2D eigenvalue weighted by Gasteiger charge is 2.27. The zero-order valence-corrected chi connectivity index (χ0v) is 17.4. The van der Waals surface area contributed by atoms with Crippen LogP contribution in [0.3, 0.4) is 0 Å². The fraction of sp³-hybridized carbons (Fsp3) is 0.350. The molecule has 0 spiro atoms. The minimum Gasteiger partial charge on any atom is -0.368 e. The molecule has 0 aromatic heterocycles. The van der Waals surface area contributed by atoms with Crippen LogP contribution in [0.25, 0.3) is 0 Å². The van der Waals surface area contributed by atoms with Crippen molar-refractivity contribution >= 4 is 33.2 Å². The normalized spacial score (nSPS) is 15.3. The molecule has 0 radical (unpaired) electrons. The Bertz CT molecular complexity index is 946. The number of amides is 1. The number of benzene rings is 2. The number of carbonyl (C=O) groups is 1. The number of nitrogens with zero attached hydrogens (tertiary/aromatic N) is 2. The van der Waals surface area contributed by atoms with E-state index in [9.17, 15) is 17.6 Å². The summed E-state index contributed by atoms with van der Waals surface area (Å²) in [7, 11) is -3.46. The third-order valence-corrected chi connectivity index (χ3v) is 6.98. The van der Waals surface area contributed by atoms with E-state index in [4.69, 9.17) is 11.6 Å². The van der Waals surface area contributed by atoms with E-state index in [1.807, 2.05) is 24.3 Å². The minimum atomic E-state index is -3.46. The van der Waals surface area contributed by atoms with Gasteiger partial charge in [-0.3, -0.25) is 4.79 Å². The molecule has 1 aliphatic heterocycles. The molecule has 0 aliphatic carbocycles. The third kappa shape index (κ3) is 5.91. The molecule has 1 N–H and O–H groups in total. The molecule has 0 unspecified atom stereocenters. The molecule has 1 fully saturated rings. The zero-order valence-electron chi connectivity index (χ0n) is 15.9. The van der Waals surface area contributed by atoms with Gasteiger partial charge in [0.1, 0.15) is 5.82 Å². The number of anilines is 1. The van der Waals surface area contributed by atoms with Crippen LogP contribution in [0.5, 0.6) is 0 Å². The van der Waals surface area contributed by atoms with Crippen LogP contribution >= 0.6 is 11.6 Å². The molecular weight excluding hydrogens is 417 g/mol. The summed E-state index contributed by atoms with van der Waals surface area (Å²) in [5.74, 6) is -0.820. The molecular formula is C20H23ClFN3O3S. The fourth-order valence-corrected chi connectivity index (χ4v) is 4.81. The van der Waals surface area contributed by atoms with Crippen molar-refractivity contribution in [3.05, 3.63) is 64.9 Å². The maximum atomic E-state index is 12.9. The summed E-state index contributed by atoms with van der Waals surface area (Å²) in [5, 5.41) is 3.26. The second-order valence-corrected chi connectivity index (χ2v) is 9.30. The van der Waals surface area contributed by atoms with E-state index in [2.05, 4.69) is 10.2 Å². The van der Waals surface area contributed by atoms with Crippen LogP contribution in [0, 0.1) is 5.82 Å².